The van der Waals surface area contributed by atoms with Crippen molar-refractivity contribution in [1.29, 1.82) is 0 Å². The molecule has 2 rings (SSSR count). The Morgan fingerprint density at radius 3 is 2.89 bits per heavy atom. The van der Waals surface area contributed by atoms with Gasteiger partial charge in [0.2, 0.25) is 5.91 Å². The molecule has 7 nitrogen and oxygen atoms in total. The van der Waals surface area contributed by atoms with Crippen molar-refractivity contribution in [3.05, 3.63) is 0 Å². The van der Waals surface area contributed by atoms with Crippen molar-refractivity contribution in [1.82, 2.24) is 15.5 Å². The van der Waals surface area contributed by atoms with Crippen molar-refractivity contribution in [3.8, 4) is 0 Å². The summed E-state index contributed by atoms with van der Waals surface area (Å²) in [6.07, 6.45) is 1.58. The smallest absolute Gasteiger partial charge is 0.322 e. The summed E-state index contributed by atoms with van der Waals surface area (Å²) in [6, 6.07) is -0.478. The number of imide groups is 1. The largest absolute Gasteiger partial charge is 0.381 e. The molecule has 0 bridgehead atoms. The van der Waals surface area contributed by atoms with Crippen LogP contribution >= 0.6 is 0 Å². The van der Waals surface area contributed by atoms with Gasteiger partial charge in [-0.3, -0.25) is 14.9 Å². The minimum Gasteiger partial charge on any atom is -0.381 e. The molecular weight excluding hydrogens is 250 g/mol. The zero-order valence-electron chi connectivity index (χ0n) is 11.0. The fourth-order valence-corrected chi connectivity index (χ4v) is 2.55. The lowest BCUT2D eigenvalue weighted by molar-refractivity contribution is -0.137. The number of nitrogens with one attached hydrogen (secondary N) is 2. The first-order valence-corrected chi connectivity index (χ1v) is 6.56. The van der Waals surface area contributed by atoms with Gasteiger partial charge in [-0.2, -0.15) is 0 Å². The van der Waals surface area contributed by atoms with Gasteiger partial charge in [0.25, 0.3) is 5.91 Å². The Labute approximate surface area is 111 Å². The van der Waals surface area contributed by atoms with Crippen LogP contribution in [0.4, 0.5) is 4.79 Å². The molecule has 2 aliphatic rings. The Morgan fingerprint density at radius 1 is 1.47 bits per heavy atom. The van der Waals surface area contributed by atoms with Crippen molar-refractivity contribution in [2.24, 2.45) is 0 Å². The Kier molecular flexibility index (Phi) is 4.04. The van der Waals surface area contributed by atoms with Crippen molar-refractivity contribution in [3.63, 3.8) is 0 Å². The lowest BCUT2D eigenvalue weighted by Crippen LogP contribution is -2.59. The van der Waals surface area contributed by atoms with Crippen LogP contribution in [-0.2, 0) is 14.3 Å². The summed E-state index contributed by atoms with van der Waals surface area (Å²) in [6.45, 7) is 3.71. The Balaban J connectivity index is 1.95. The fraction of sp³-hybridized carbons (Fsp3) is 0.750. The van der Waals surface area contributed by atoms with Crippen LogP contribution in [0.1, 0.15) is 26.2 Å². The summed E-state index contributed by atoms with van der Waals surface area (Å²) < 4.78 is 5.15. The van der Waals surface area contributed by atoms with Gasteiger partial charge in [0.1, 0.15) is 5.54 Å². The van der Waals surface area contributed by atoms with Gasteiger partial charge in [0, 0.05) is 13.2 Å². The van der Waals surface area contributed by atoms with Crippen molar-refractivity contribution >= 4 is 17.8 Å². The van der Waals surface area contributed by atoms with E-state index in [0.29, 0.717) is 39.0 Å². The van der Waals surface area contributed by atoms with Gasteiger partial charge in [-0.25, -0.2) is 4.79 Å². The van der Waals surface area contributed by atoms with Crippen LogP contribution in [0.3, 0.4) is 0 Å². The second-order valence-electron chi connectivity index (χ2n) is 4.86. The molecule has 2 aliphatic heterocycles. The third-order valence-corrected chi connectivity index (χ3v) is 3.52. The molecule has 0 radical (unpaired) electrons. The van der Waals surface area contributed by atoms with Crippen LogP contribution in [0.5, 0.6) is 0 Å². The van der Waals surface area contributed by atoms with Gasteiger partial charge in [-0.15, -0.1) is 0 Å². The normalized spacial score (nSPS) is 26.5. The van der Waals surface area contributed by atoms with E-state index in [9.17, 15) is 14.4 Å². The Hall–Kier alpha value is -1.63. The lowest BCUT2D eigenvalue weighted by atomic mass is 9.89. The van der Waals surface area contributed by atoms with Crippen LogP contribution in [0.2, 0.25) is 0 Å². The number of carbonyl (C=O) groups is 3. The first-order chi connectivity index (χ1) is 9.07. The summed E-state index contributed by atoms with van der Waals surface area (Å²) in [5, 5.41) is 4.88. The van der Waals surface area contributed by atoms with Crippen LogP contribution < -0.4 is 10.6 Å². The average Bonchev–Trinajstić information content (AvgIpc) is 2.64. The summed E-state index contributed by atoms with van der Waals surface area (Å²) in [5.41, 5.74) is -0.934. The van der Waals surface area contributed by atoms with Crippen LogP contribution in [0.25, 0.3) is 0 Å². The maximum Gasteiger partial charge on any atom is 0.322 e. The number of amides is 4. The molecule has 1 spiro atoms. The molecule has 1 unspecified atom stereocenters. The number of nitrogens with zero attached hydrogens (tertiary/aromatic N) is 1. The number of carbonyl (C=O) groups excluding carboxylic acids is 3. The summed E-state index contributed by atoms with van der Waals surface area (Å²) in [4.78, 5) is 36.7. The van der Waals surface area contributed by atoms with E-state index in [0.717, 1.165) is 0 Å². The van der Waals surface area contributed by atoms with E-state index in [1.807, 2.05) is 6.92 Å². The number of likely N-dealkylation sites (tertiary alicyclic amines) is 1. The predicted molar refractivity (Wildman–Crippen MR) is 66.3 cm³/mol. The van der Waals surface area contributed by atoms with Crippen LogP contribution in [0.15, 0.2) is 0 Å². The number of hydrogen-bond donors (Lipinski definition) is 2. The molecule has 0 aromatic rings. The van der Waals surface area contributed by atoms with Gasteiger partial charge in [0.05, 0.1) is 19.6 Å². The molecule has 0 saturated carbocycles. The third-order valence-electron chi connectivity index (χ3n) is 3.52. The standard InChI is InChI=1S/C12H19N3O4/c1-2-19-7-4-9(16)15-6-3-5-12(8-15)10(17)13-11(18)14-12/h2-8H2,1H3,(H2,13,14,17,18). The van der Waals surface area contributed by atoms with Gasteiger partial charge in [-0.05, 0) is 19.8 Å². The molecule has 2 N–H and O–H groups in total. The molecule has 7 heteroatoms. The monoisotopic (exact) mass is 269 g/mol. The zero-order chi connectivity index (χ0) is 13.9. The molecular formula is C12H19N3O4. The van der Waals surface area contributed by atoms with E-state index < -0.39 is 11.6 Å². The quantitative estimate of drug-likeness (QED) is 0.537. The minimum atomic E-state index is -0.934. The molecule has 2 saturated heterocycles. The summed E-state index contributed by atoms with van der Waals surface area (Å²) in [7, 11) is 0. The molecule has 19 heavy (non-hydrogen) atoms. The highest BCUT2D eigenvalue weighted by Crippen LogP contribution is 2.24. The molecule has 2 heterocycles. The second kappa shape index (κ2) is 5.56. The van der Waals surface area contributed by atoms with Crippen LogP contribution in [-0.4, -0.2) is 54.6 Å². The Bertz CT molecular complexity index is 398. The number of piperidine rings is 1. The van der Waals surface area contributed by atoms with E-state index in [1.165, 1.54) is 0 Å². The Morgan fingerprint density at radius 2 is 2.26 bits per heavy atom. The maximum absolute atomic E-state index is 12.0. The molecule has 1 atom stereocenters. The SMILES string of the molecule is CCOCCC(=O)N1CCCC2(C1)NC(=O)NC2=O. The average molecular weight is 269 g/mol. The highest BCUT2D eigenvalue weighted by atomic mass is 16.5. The predicted octanol–water partition coefficient (Wildman–Crippen LogP) is -0.386. The number of rotatable bonds is 4. The second-order valence-corrected chi connectivity index (χ2v) is 4.86. The van der Waals surface area contributed by atoms with Gasteiger partial charge in [0.15, 0.2) is 0 Å². The van der Waals surface area contributed by atoms with E-state index in [4.69, 9.17) is 4.74 Å². The van der Waals surface area contributed by atoms with E-state index >= 15 is 0 Å². The van der Waals surface area contributed by atoms with Gasteiger partial charge in [-0.1, -0.05) is 0 Å². The zero-order valence-corrected chi connectivity index (χ0v) is 11.0. The third kappa shape index (κ3) is 2.86. The maximum atomic E-state index is 12.0. The molecule has 0 aromatic carbocycles. The number of urea groups is 1. The van der Waals surface area contributed by atoms with Crippen LogP contribution in [0, 0.1) is 0 Å². The molecule has 2 fully saturated rings. The molecule has 0 aromatic heterocycles. The number of hydrogen-bond acceptors (Lipinski definition) is 4. The molecule has 0 aliphatic carbocycles. The van der Waals surface area contributed by atoms with Crippen molar-refractivity contribution in [2.75, 3.05) is 26.3 Å². The molecule has 106 valence electrons. The van der Waals surface area contributed by atoms with Gasteiger partial charge < -0.3 is 15.0 Å². The summed E-state index contributed by atoms with van der Waals surface area (Å²) in [5.74, 6) is -0.374. The lowest BCUT2D eigenvalue weighted by Gasteiger charge is -2.38. The summed E-state index contributed by atoms with van der Waals surface area (Å²) >= 11 is 0. The molecule has 4 amide bonds. The van der Waals surface area contributed by atoms with E-state index in [2.05, 4.69) is 10.6 Å². The highest BCUT2D eigenvalue weighted by Gasteiger charge is 2.49. The van der Waals surface area contributed by atoms with Gasteiger partial charge >= 0.3 is 6.03 Å². The topological polar surface area (TPSA) is 87.7 Å². The first-order valence-electron chi connectivity index (χ1n) is 6.56. The van der Waals surface area contributed by atoms with E-state index in [1.54, 1.807) is 4.90 Å². The van der Waals surface area contributed by atoms with E-state index in [-0.39, 0.29) is 18.4 Å². The minimum absolute atomic E-state index is 0.0403. The van der Waals surface area contributed by atoms with Crippen molar-refractivity contribution in [2.45, 2.75) is 31.7 Å². The fourth-order valence-electron chi connectivity index (χ4n) is 2.55. The number of ether oxygens (including phenoxy) is 1. The highest BCUT2D eigenvalue weighted by molar-refractivity contribution is 6.07. The van der Waals surface area contributed by atoms with Crippen molar-refractivity contribution < 1.29 is 19.1 Å². The first kappa shape index (κ1) is 13.8.